The largest absolute Gasteiger partial charge is 0.493 e. The minimum absolute atomic E-state index is 0.0222. The molecule has 0 unspecified atom stereocenters. The zero-order valence-corrected chi connectivity index (χ0v) is 19.5. The number of carbonyl (C=O) groups excluding carboxylic acids is 1. The summed E-state index contributed by atoms with van der Waals surface area (Å²) in [6, 6.07) is 13.1. The van der Waals surface area contributed by atoms with E-state index in [2.05, 4.69) is 0 Å². The van der Waals surface area contributed by atoms with Crippen molar-refractivity contribution in [1.29, 1.82) is 5.26 Å². The molecule has 33 heavy (non-hydrogen) atoms. The van der Waals surface area contributed by atoms with Crippen LogP contribution in [0.25, 0.3) is 5.69 Å². The van der Waals surface area contributed by atoms with E-state index in [1.54, 1.807) is 18.8 Å². The number of benzene rings is 2. The summed E-state index contributed by atoms with van der Waals surface area (Å²) in [5, 5.41) is 9.60. The van der Waals surface area contributed by atoms with Gasteiger partial charge >= 0.3 is 0 Å². The van der Waals surface area contributed by atoms with E-state index in [4.69, 9.17) is 9.47 Å². The highest BCUT2D eigenvalue weighted by Gasteiger charge is 2.31. The molecule has 168 valence electrons. The minimum atomic E-state index is -0.396. The first-order valence-corrected chi connectivity index (χ1v) is 10.8. The number of ketones is 1. The van der Waals surface area contributed by atoms with E-state index in [-0.39, 0.29) is 23.7 Å². The number of carbonyl (C=O) groups is 1. The van der Waals surface area contributed by atoms with Gasteiger partial charge in [-0.2, -0.15) is 5.26 Å². The lowest BCUT2D eigenvalue weighted by molar-refractivity contribution is 0.0962. The number of methoxy groups -OCH3 is 2. The molecule has 4 rings (SSSR count). The van der Waals surface area contributed by atoms with E-state index >= 15 is 0 Å². The van der Waals surface area contributed by atoms with Gasteiger partial charge in [-0.15, -0.1) is 0 Å². The van der Waals surface area contributed by atoms with Gasteiger partial charge in [0, 0.05) is 17.7 Å². The number of aromatic nitrogens is 1. The van der Waals surface area contributed by atoms with Gasteiger partial charge in [-0.3, -0.25) is 14.2 Å². The summed E-state index contributed by atoms with van der Waals surface area (Å²) in [6.45, 7) is 5.90. The molecule has 1 heterocycles. The Balaban J connectivity index is 1.94. The first-order valence-electron chi connectivity index (χ1n) is 10.8. The van der Waals surface area contributed by atoms with Crippen molar-refractivity contribution in [3.63, 3.8) is 0 Å². The third-order valence-electron chi connectivity index (χ3n) is 6.33. The number of hydrogen-bond acceptors (Lipinski definition) is 5. The van der Waals surface area contributed by atoms with Gasteiger partial charge < -0.3 is 9.47 Å². The maximum absolute atomic E-state index is 13.4. The summed E-state index contributed by atoms with van der Waals surface area (Å²) >= 11 is 0. The molecule has 0 radical (unpaired) electrons. The number of nitriles is 1. The number of ether oxygens (including phenoxy) is 2. The topological polar surface area (TPSA) is 81.3 Å². The molecule has 0 amide bonds. The van der Waals surface area contributed by atoms with Gasteiger partial charge in [0.15, 0.2) is 17.3 Å². The highest BCUT2D eigenvalue weighted by molar-refractivity contribution is 5.99. The zero-order chi connectivity index (χ0) is 23.9. The fourth-order valence-electron chi connectivity index (χ4n) is 4.92. The maximum Gasteiger partial charge on any atom is 0.273 e. The van der Waals surface area contributed by atoms with E-state index in [9.17, 15) is 14.9 Å². The fraction of sp³-hybridized carbons (Fsp3) is 0.296. The highest BCUT2D eigenvalue weighted by atomic mass is 16.5. The van der Waals surface area contributed by atoms with E-state index in [1.165, 1.54) is 6.07 Å². The Hall–Kier alpha value is -3.85. The van der Waals surface area contributed by atoms with Gasteiger partial charge in [0.1, 0.15) is 11.6 Å². The average Bonchev–Trinajstić information content (AvgIpc) is 2.79. The highest BCUT2D eigenvalue weighted by Crippen LogP contribution is 2.38. The molecule has 0 N–H and O–H groups in total. The molecule has 3 aromatic rings. The van der Waals surface area contributed by atoms with Gasteiger partial charge in [-0.25, -0.2) is 0 Å². The molecular formula is C27H26N2O4. The number of rotatable bonds is 4. The lowest BCUT2D eigenvalue weighted by Crippen LogP contribution is -2.32. The Labute approximate surface area is 193 Å². The van der Waals surface area contributed by atoms with Crippen molar-refractivity contribution in [3.8, 4) is 23.3 Å². The Morgan fingerprint density at radius 3 is 2.21 bits per heavy atom. The predicted molar refractivity (Wildman–Crippen MR) is 126 cm³/mol. The van der Waals surface area contributed by atoms with Gasteiger partial charge in [0.2, 0.25) is 0 Å². The first-order chi connectivity index (χ1) is 15.8. The lowest BCUT2D eigenvalue weighted by Gasteiger charge is -2.28. The third kappa shape index (κ3) is 3.80. The van der Waals surface area contributed by atoms with E-state index in [1.807, 2.05) is 57.2 Å². The van der Waals surface area contributed by atoms with Crippen LogP contribution in [0.2, 0.25) is 0 Å². The number of hydrogen-bond donors (Lipinski definition) is 0. The number of fused-ring (bicyclic) bond motifs is 1. The van der Waals surface area contributed by atoms with Gasteiger partial charge in [-0.05, 0) is 68.0 Å². The van der Waals surface area contributed by atoms with Gasteiger partial charge in [0.05, 0.1) is 19.9 Å². The van der Waals surface area contributed by atoms with Crippen molar-refractivity contribution in [2.24, 2.45) is 0 Å². The fourth-order valence-corrected chi connectivity index (χ4v) is 4.92. The van der Waals surface area contributed by atoms with Crippen molar-refractivity contribution >= 4 is 5.78 Å². The molecule has 1 aromatic heterocycles. The molecule has 0 saturated heterocycles. The molecule has 6 heteroatoms. The van der Waals surface area contributed by atoms with Crippen LogP contribution in [0.1, 0.15) is 56.2 Å². The molecule has 1 atom stereocenters. The van der Waals surface area contributed by atoms with Crippen LogP contribution >= 0.6 is 0 Å². The molecule has 0 aliphatic heterocycles. The summed E-state index contributed by atoms with van der Waals surface area (Å²) in [7, 11) is 3.16. The van der Waals surface area contributed by atoms with Gasteiger partial charge in [0.25, 0.3) is 5.56 Å². The number of Topliss-reactive ketones (excluding diaryl/α,β-unsaturated/α-hetero) is 1. The summed E-state index contributed by atoms with van der Waals surface area (Å²) in [6.07, 6.45) is 0.779. The maximum atomic E-state index is 13.4. The van der Waals surface area contributed by atoms with Crippen LogP contribution in [0.4, 0.5) is 0 Å². The summed E-state index contributed by atoms with van der Waals surface area (Å²) in [5.74, 6) is 0.999. The normalized spacial score (nSPS) is 15.0. The van der Waals surface area contributed by atoms with Crippen molar-refractivity contribution in [3.05, 3.63) is 85.8 Å². The standard InChI is InChI=1S/C27H26N2O4/c1-15-8-16(2)26(17(3)9-15)29-22-11-19(18-6-7-24(32-4)25(13-18)33-5)12-23(30)21(22)10-20(14-28)27(29)31/h6-10,13,19H,11-12H2,1-5H3/t19-/m0/s1. The van der Waals surface area contributed by atoms with Crippen molar-refractivity contribution < 1.29 is 14.3 Å². The number of pyridine rings is 1. The molecular weight excluding hydrogens is 416 g/mol. The minimum Gasteiger partial charge on any atom is -0.493 e. The van der Waals surface area contributed by atoms with E-state index < -0.39 is 5.56 Å². The van der Waals surface area contributed by atoms with E-state index in [0.29, 0.717) is 29.2 Å². The smallest absolute Gasteiger partial charge is 0.273 e. The zero-order valence-electron chi connectivity index (χ0n) is 19.5. The quantitative estimate of drug-likeness (QED) is 0.591. The van der Waals surface area contributed by atoms with Crippen molar-refractivity contribution in [2.75, 3.05) is 14.2 Å². The molecule has 1 aliphatic rings. The second-order valence-electron chi connectivity index (χ2n) is 8.56. The SMILES string of the molecule is COc1ccc([C@@H]2CC(=O)c3cc(C#N)c(=O)n(-c4c(C)cc(C)cc4C)c3C2)cc1OC. The number of aryl methyl sites for hydroxylation is 3. The van der Waals surface area contributed by atoms with Gasteiger partial charge in [-0.1, -0.05) is 23.8 Å². The second kappa shape index (κ2) is 8.59. The molecule has 1 aliphatic carbocycles. The number of nitrogens with zero attached hydrogens (tertiary/aromatic N) is 2. The lowest BCUT2D eigenvalue weighted by atomic mass is 9.80. The third-order valence-corrected chi connectivity index (χ3v) is 6.33. The molecule has 0 saturated carbocycles. The van der Waals surface area contributed by atoms with Crippen LogP contribution in [0.5, 0.6) is 11.5 Å². The molecule has 2 aromatic carbocycles. The van der Waals surface area contributed by atoms with Crippen molar-refractivity contribution in [1.82, 2.24) is 4.57 Å². The summed E-state index contributed by atoms with van der Waals surface area (Å²) in [5.41, 5.74) is 5.28. The van der Waals surface area contributed by atoms with Crippen LogP contribution in [-0.2, 0) is 6.42 Å². The monoisotopic (exact) mass is 442 g/mol. The van der Waals surface area contributed by atoms with Crippen molar-refractivity contribution in [2.45, 2.75) is 39.5 Å². The summed E-state index contributed by atoms with van der Waals surface area (Å²) < 4.78 is 12.4. The Kier molecular flexibility index (Phi) is 5.82. The molecule has 6 nitrogen and oxygen atoms in total. The van der Waals surface area contributed by atoms with Crippen LogP contribution < -0.4 is 15.0 Å². The molecule has 0 spiro atoms. The molecule has 0 bridgehead atoms. The summed E-state index contributed by atoms with van der Waals surface area (Å²) in [4.78, 5) is 26.6. The van der Waals surface area contributed by atoms with Crippen LogP contribution in [0, 0.1) is 32.1 Å². The van der Waals surface area contributed by atoms with Crippen LogP contribution in [-0.4, -0.2) is 24.6 Å². The van der Waals surface area contributed by atoms with Crippen LogP contribution in [0.3, 0.4) is 0 Å². The first kappa shape index (κ1) is 22.3. The van der Waals surface area contributed by atoms with E-state index in [0.717, 1.165) is 27.9 Å². The van der Waals surface area contributed by atoms with Crippen LogP contribution in [0.15, 0.2) is 41.2 Å². The second-order valence-corrected chi connectivity index (χ2v) is 8.56. The predicted octanol–water partition coefficient (Wildman–Crippen LogP) is 4.56. The Morgan fingerprint density at radius 2 is 1.61 bits per heavy atom. The average molecular weight is 443 g/mol. The molecule has 0 fully saturated rings. The Morgan fingerprint density at radius 1 is 0.939 bits per heavy atom. The Bertz CT molecular complexity index is 1360.